The molecule has 0 unspecified atom stereocenters. The van der Waals surface area contributed by atoms with E-state index in [1.165, 1.54) is 16.2 Å². The molecule has 1 heterocycles. The molecule has 1 aromatic rings. The zero-order valence-electron chi connectivity index (χ0n) is 10.3. The van der Waals surface area contributed by atoms with Gasteiger partial charge in [0.25, 0.3) is 0 Å². The van der Waals surface area contributed by atoms with Crippen molar-refractivity contribution in [1.29, 1.82) is 0 Å². The summed E-state index contributed by atoms with van der Waals surface area (Å²) >= 11 is 1.39. The number of hydrogen-bond donors (Lipinski definition) is 2. The number of urea groups is 1. The number of hydrogen-bond acceptors (Lipinski definition) is 4. The van der Waals surface area contributed by atoms with Gasteiger partial charge in [-0.25, -0.2) is 9.78 Å². The van der Waals surface area contributed by atoms with Gasteiger partial charge in [-0.15, -0.1) is 11.3 Å². The van der Waals surface area contributed by atoms with E-state index in [9.17, 15) is 9.59 Å². The Balaban J connectivity index is 2.02. The van der Waals surface area contributed by atoms with Crippen molar-refractivity contribution >= 4 is 28.5 Å². The molecule has 2 N–H and O–H groups in total. The normalized spacial score (nSPS) is 14.3. The molecular formula is C11H15N3O3S. The maximum Gasteiger partial charge on any atom is 0.324 e. The molecule has 6 nitrogen and oxygen atoms in total. The minimum Gasteiger partial charge on any atom is -0.480 e. The molecule has 0 aromatic carbocycles. The van der Waals surface area contributed by atoms with Crippen molar-refractivity contribution in [2.75, 3.05) is 11.9 Å². The van der Waals surface area contributed by atoms with E-state index in [1.54, 1.807) is 0 Å². The van der Waals surface area contributed by atoms with E-state index in [1.807, 2.05) is 13.8 Å². The molecule has 2 amide bonds. The summed E-state index contributed by atoms with van der Waals surface area (Å²) in [6.07, 6.45) is 1.74. The summed E-state index contributed by atoms with van der Waals surface area (Å²) in [7, 11) is 0. The first-order valence-corrected chi connectivity index (χ1v) is 6.52. The number of nitrogens with zero attached hydrogens (tertiary/aromatic N) is 2. The highest BCUT2D eigenvalue weighted by Gasteiger charge is 2.34. The first-order valence-electron chi connectivity index (χ1n) is 5.71. The zero-order chi connectivity index (χ0) is 13.3. The molecule has 0 bridgehead atoms. The number of aromatic nitrogens is 1. The van der Waals surface area contributed by atoms with Gasteiger partial charge >= 0.3 is 12.0 Å². The van der Waals surface area contributed by atoms with Crippen LogP contribution in [0.4, 0.5) is 9.93 Å². The third kappa shape index (κ3) is 2.98. The first-order chi connectivity index (χ1) is 8.47. The second-order valence-electron chi connectivity index (χ2n) is 4.34. The Morgan fingerprint density at radius 2 is 2.17 bits per heavy atom. The van der Waals surface area contributed by atoms with Gasteiger partial charge in [0.05, 0.1) is 5.69 Å². The summed E-state index contributed by atoms with van der Waals surface area (Å²) < 4.78 is 0. The van der Waals surface area contributed by atoms with Crippen LogP contribution in [0.15, 0.2) is 0 Å². The summed E-state index contributed by atoms with van der Waals surface area (Å²) in [5.74, 6) is -0.997. The van der Waals surface area contributed by atoms with Crippen LogP contribution in [0.1, 0.15) is 23.4 Å². The van der Waals surface area contributed by atoms with Crippen LogP contribution in [0, 0.1) is 13.8 Å². The van der Waals surface area contributed by atoms with Crippen LogP contribution in [0.5, 0.6) is 0 Å². The maximum absolute atomic E-state index is 12.0. The van der Waals surface area contributed by atoms with Crippen molar-refractivity contribution in [3.8, 4) is 0 Å². The van der Waals surface area contributed by atoms with E-state index in [0.717, 1.165) is 23.4 Å². The Bertz CT molecular complexity index is 462. The topological polar surface area (TPSA) is 82.5 Å². The summed E-state index contributed by atoms with van der Waals surface area (Å²) in [6.45, 7) is 3.54. The molecule has 0 spiro atoms. The second kappa shape index (κ2) is 4.93. The van der Waals surface area contributed by atoms with Gasteiger partial charge in [0, 0.05) is 10.9 Å². The number of carboxylic acid groups (broad SMARTS) is 1. The van der Waals surface area contributed by atoms with Crippen molar-refractivity contribution < 1.29 is 14.7 Å². The maximum atomic E-state index is 12.0. The molecular weight excluding hydrogens is 254 g/mol. The number of rotatable bonds is 4. The molecule has 0 saturated heterocycles. The summed E-state index contributed by atoms with van der Waals surface area (Å²) in [6, 6.07) is -0.322. The Labute approximate surface area is 109 Å². The summed E-state index contributed by atoms with van der Waals surface area (Å²) in [4.78, 5) is 29.3. The molecule has 1 saturated carbocycles. The van der Waals surface area contributed by atoms with Crippen molar-refractivity contribution in [3.63, 3.8) is 0 Å². The highest BCUT2D eigenvalue weighted by Crippen LogP contribution is 2.28. The number of carbonyl (C=O) groups excluding carboxylic acids is 1. The molecule has 1 aromatic heterocycles. The van der Waals surface area contributed by atoms with Crippen LogP contribution < -0.4 is 5.32 Å². The van der Waals surface area contributed by atoms with E-state index in [4.69, 9.17) is 5.11 Å². The molecule has 7 heteroatoms. The van der Waals surface area contributed by atoms with Crippen LogP contribution in [0.3, 0.4) is 0 Å². The SMILES string of the molecule is Cc1nc(NC(=O)N(CC(=O)O)C2CC2)sc1C. The number of thiazole rings is 1. The highest BCUT2D eigenvalue weighted by molar-refractivity contribution is 7.15. The van der Waals surface area contributed by atoms with Gasteiger partial charge < -0.3 is 10.0 Å². The third-order valence-electron chi connectivity index (χ3n) is 2.80. The largest absolute Gasteiger partial charge is 0.480 e. The fraction of sp³-hybridized carbons (Fsp3) is 0.545. The lowest BCUT2D eigenvalue weighted by atomic mass is 10.4. The van der Waals surface area contributed by atoms with E-state index in [-0.39, 0.29) is 18.6 Å². The predicted molar refractivity (Wildman–Crippen MR) is 68.0 cm³/mol. The van der Waals surface area contributed by atoms with Gasteiger partial charge in [-0.05, 0) is 26.7 Å². The number of nitrogens with one attached hydrogen (secondary N) is 1. The molecule has 18 heavy (non-hydrogen) atoms. The number of carboxylic acids is 1. The minimum absolute atomic E-state index is 0.0586. The van der Waals surface area contributed by atoms with Crippen molar-refractivity contribution in [3.05, 3.63) is 10.6 Å². The average molecular weight is 269 g/mol. The lowest BCUT2D eigenvalue weighted by Gasteiger charge is -2.19. The van der Waals surface area contributed by atoms with Crippen LogP contribution in [-0.2, 0) is 4.79 Å². The van der Waals surface area contributed by atoms with E-state index in [0.29, 0.717) is 5.13 Å². The third-order valence-corrected chi connectivity index (χ3v) is 3.78. The molecule has 0 aliphatic heterocycles. The number of anilines is 1. The Morgan fingerprint density at radius 1 is 1.50 bits per heavy atom. The van der Waals surface area contributed by atoms with Gasteiger partial charge in [0.15, 0.2) is 5.13 Å². The monoisotopic (exact) mass is 269 g/mol. The number of aryl methyl sites for hydroxylation is 2. The lowest BCUT2D eigenvalue weighted by molar-refractivity contribution is -0.137. The van der Waals surface area contributed by atoms with E-state index >= 15 is 0 Å². The molecule has 98 valence electrons. The van der Waals surface area contributed by atoms with Gasteiger partial charge in [-0.2, -0.15) is 0 Å². The van der Waals surface area contributed by atoms with Crippen LogP contribution in [-0.4, -0.2) is 39.6 Å². The smallest absolute Gasteiger partial charge is 0.324 e. The fourth-order valence-corrected chi connectivity index (χ4v) is 2.39. The zero-order valence-corrected chi connectivity index (χ0v) is 11.1. The minimum atomic E-state index is -0.997. The van der Waals surface area contributed by atoms with Gasteiger partial charge in [-0.1, -0.05) is 0 Å². The van der Waals surface area contributed by atoms with Crippen LogP contribution in [0.25, 0.3) is 0 Å². The van der Waals surface area contributed by atoms with Crippen molar-refractivity contribution in [2.45, 2.75) is 32.7 Å². The van der Waals surface area contributed by atoms with Crippen molar-refractivity contribution in [2.24, 2.45) is 0 Å². The van der Waals surface area contributed by atoms with E-state index < -0.39 is 5.97 Å². The van der Waals surface area contributed by atoms with Crippen LogP contribution in [0.2, 0.25) is 0 Å². The Hall–Kier alpha value is -1.63. The van der Waals surface area contributed by atoms with Gasteiger partial charge in [-0.3, -0.25) is 10.1 Å². The molecule has 0 atom stereocenters. The van der Waals surface area contributed by atoms with Gasteiger partial charge in [0.1, 0.15) is 6.54 Å². The molecule has 2 rings (SSSR count). The number of carbonyl (C=O) groups is 2. The molecule has 1 aliphatic rings. The average Bonchev–Trinajstić information content (AvgIpc) is 3.04. The Morgan fingerprint density at radius 3 is 2.61 bits per heavy atom. The van der Waals surface area contributed by atoms with Gasteiger partial charge in [0.2, 0.25) is 0 Å². The number of amides is 2. The fourth-order valence-electron chi connectivity index (χ4n) is 1.59. The predicted octanol–water partition coefficient (Wildman–Crippen LogP) is 1.84. The second-order valence-corrected chi connectivity index (χ2v) is 5.55. The van der Waals surface area contributed by atoms with E-state index in [2.05, 4.69) is 10.3 Å². The standard InChI is InChI=1S/C11H15N3O3S/c1-6-7(2)18-10(12-6)13-11(17)14(5-9(15)16)8-3-4-8/h8H,3-5H2,1-2H3,(H,15,16)(H,12,13,17). The lowest BCUT2D eigenvalue weighted by Crippen LogP contribution is -2.40. The molecule has 0 radical (unpaired) electrons. The summed E-state index contributed by atoms with van der Waals surface area (Å²) in [5.41, 5.74) is 0.881. The number of aliphatic carboxylic acids is 1. The quantitative estimate of drug-likeness (QED) is 0.873. The molecule has 1 aliphatic carbocycles. The molecule has 1 fully saturated rings. The highest BCUT2D eigenvalue weighted by atomic mass is 32.1. The summed E-state index contributed by atoms with van der Waals surface area (Å²) in [5, 5.41) is 12.0. The van der Waals surface area contributed by atoms with Crippen LogP contribution >= 0.6 is 11.3 Å². The van der Waals surface area contributed by atoms with Crippen molar-refractivity contribution in [1.82, 2.24) is 9.88 Å². The Kier molecular flexibility index (Phi) is 3.51. The first kappa shape index (κ1) is 12.8.